The predicted molar refractivity (Wildman–Crippen MR) is 61.9 cm³/mol. The lowest BCUT2D eigenvalue weighted by molar-refractivity contribution is -0.141. The molecule has 0 aliphatic heterocycles. The Hall–Kier alpha value is -2.42. The fraction of sp³-hybridized carbons (Fsp3) is 0.154. The van der Waals surface area contributed by atoms with Crippen molar-refractivity contribution in [3.8, 4) is 17.2 Å². The summed E-state index contributed by atoms with van der Waals surface area (Å²) in [5, 5.41) is 8.77. The third-order valence-corrected chi connectivity index (χ3v) is 2.58. The number of pyridine rings is 2. The molecule has 2 heterocycles. The summed E-state index contributed by atoms with van der Waals surface area (Å²) in [5.41, 5.74) is 0.257. The van der Waals surface area contributed by atoms with Crippen molar-refractivity contribution < 1.29 is 13.2 Å². The van der Waals surface area contributed by atoms with Crippen LogP contribution in [0.1, 0.15) is 17.0 Å². The van der Waals surface area contributed by atoms with Crippen LogP contribution in [0.25, 0.3) is 11.1 Å². The van der Waals surface area contributed by atoms with Crippen LogP contribution in [0.2, 0.25) is 0 Å². The molecule has 2 aromatic rings. The van der Waals surface area contributed by atoms with Gasteiger partial charge in [0.1, 0.15) is 17.5 Å². The van der Waals surface area contributed by atoms with Gasteiger partial charge in [-0.2, -0.15) is 18.4 Å². The summed E-state index contributed by atoms with van der Waals surface area (Å²) in [7, 11) is 0. The van der Waals surface area contributed by atoms with E-state index in [0.717, 1.165) is 11.6 Å². The molecule has 19 heavy (non-hydrogen) atoms. The number of hydrogen-bond acceptors (Lipinski definition) is 3. The van der Waals surface area contributed by atoms with Gasteiger partial charge < -0.3 is 0 Å². The molecule has 2 aromatic heterocycles. The van der Waals surface area contributed by atoms with E-state index in [1.54, 1.807) is 25.3 Å². The summed E-state index contributed by atoms with van der Waals surface area (Å²) in [5.74, 6) is 0. The van der Waals surface area contributed by atoms with E-state index < -0.39 is 11.9 Å². The molecular formula is C13H8F3N3. The summed E-state index contributed by atoms with van der Waals surface area (Å²) in [6.07, 6.45) is -1.57. The monoisotopic (exact) mass is 263 g/mol. The van der Waals surface area contributed by atoms with E-state index in [1.165, 1.54) is 12.3 Å². The quantitative estimate of drug-likeness (QED) is 0.792. The number of alkyl halides is 3. The molecule has 0 unspecified atom stereocenters. The number of nitriles is 1. The lowest BCUT2D eigenvalue weighted by Gasteiger charge is -2.10. The van der Waals surface area contributed by atoms with Crippen molar-refractivity contribution in [1.82, 2.24) is 9.97 Å². The van der Waals surface area contributed by atoms with Gasteiger partial charge in [-0.1, -0.05) is 0 Å². The fourth-order valence-electron chi connectivity index (χ4n) is 1.65. The maximum atomic E-state index is 12.7. The zero-order valence-electron chi connectivity index (χ0n) is 9.86. The van der Waals surface area contributed by atoms with Gasteiger partial charge in [-0.15, -0.1) is 0 Å². The largest absolute Gasteiger partial charge is 0.433 e. The maximum Gasteiger partial charge on any atom is 0.433 e. The smallest absolute Gasteiger partial charge is 0.264 e. The van der Waals surface area contributed by atoms with Crippen LogP contribution in [0.15, 0.2) is 30.6 Å². The molecule has 0 saturated carbocycles. The molecule has 0 aromatic carbocycles. The Balaban J connectivity index is 2.66. The second-order valence-corrected chi connectivity index (χ2v) is 3.93. The number of aryl methyl sites for hydroxylation is 1. The molecule has 2 rings (SSSR count). The van der Waals surface area contributed by atoms with Crippen LogP contribution in [-0.4, -0.2) is 9.97 Å². The second kappa shape index (κ2) is 4.69. The van der Waals surface area contributed by atoms with Crippen molar-refractivity contribution in [1.29, 1.82) is 5.26 Å². The molecule has 0 radical (unpaired) electrons. The van der Waals surface area contributed by atoms with Crippen molar-refractivity contribution >= 4 is 0 Å². The molecule has 0 fully saturated rings. The van der Waals surface area contributed by atoms with Gasteiger partial charge >= 0.3 is 6.18 Å². The van der Waals surface area contributed by atoms with E-state index in [-0.39, 0.29) is 11.3 Å². The van der Waals surface area contributed by atoms with Crippen LogP contribution in [-0.2, 0) is 6.18 Å². The third kappa shape index (κ3) is 2.71. The topological polar surface area (TPSA) is 49.6 Å². The minimum absolute atomic E-state index is 0.270. The lowest BCUT2D eigenvalue weighted by atomic mass is 10.0. The first-order valence-electron chi connectivity index (χ1n) is 5.32. The summed E-state index contributed by atoms with van der Waals surface area (Å²) in [6.45, 7) is 1.76. The lowest BCUT2D eigenvalue weighted by Crippen LogP contribution is -2.09. The average Bonchev–Trinajstić information content (AvgIpc) is 2.37. The number of nitrogens with zero attached hydrogens (tertiary/aromatic N) is 3. The third-order valence-electron chi connectivity index (χ3n) is 2.58. The Bertz CT molecular complexity index is 657. The standard InChI is InChI=1S/C13H8F3N3/c1-8-2-3-18-7-11(8)9-4-10(6-17)19-12(5-9)13(14,15)16/h2-5,7H,1H3. The van der Waals surface area contributed by atoms with Gasteiger partial charge in [0.25, 0.3) is 0 Å². The minimum atomic E-state index is -4.59. The van der Waals surface area contributed by atoms with Crippen molar-refractivity contribution in [3.63, 3.8) is 0 Å². The van der Waals surface area contributed by atoms with Crippen LogP contribution in [0, 0.1) is 18.3 Å². The van der Waals surface area contributed by atoms with Gasteiger partial charge in [0, 0.05) is 18.0 Å². The molecule has 0 spiro atoms. The van der Waals surface area contributed by atoms with Crippen LogP contribution in [0.4, 0.5) is 13.2 Å². The highest BCUT2D eigenvalue weighted by Crippen LogP contribution is 2.32. The van der Waals surface area contributed by atoms with Gasteiger partial charge in [-0.05, 0) is 36.2 Å². The Morgan fingerprint density at radius 2 is 2.00 bits per heavy atom. The SMILES string of the molecule is Cc1ccncc1-c1cc(C#N)nc(C(F)(F)F)c1. The highest BCUT2D eigenvalue weighted by Gasteiger charge is 2.33. The van der Waals surface area contributed by atoms with Gasteiger partial charge in [0.05, 0.1) is 0 Å². The van der Waals surface area contributed by atoms with Crippen LogP contribution >= 0.6 is 0 Å². The van der Waals surface area contributed by atoms with Crippen LogP contribution < -0.4 is 0 Å². The van der Waals surface area contributed by atoms with E-state index in [4.69, 9.17) is 5.26 Å². The summed E-state index contributed by atoms with van der Waals surface area (Å²) >= 11 is 0. The Morgan fingerprint density at radius 3 is 2.58 bits per heavy atom. The van der Waals surface area contributed by atoms with Crippen molar-refractivity contribution in [3.05, 3.63) is 47.5 Å². The molecule has 0 atom stereocenters. The average molecular weight is 263 g/mol. The van der Waals surface area contributed by atoms with Gasteiger partial charge in [-0.25, -0.2) is 4.98 Å². The van der Waals surface area contributed by atoms with E-state index in [1.807, 2.05) is 0 Å². The van der Waals surface area contributed by atoms with Gasteiger partial charge in [-0.3, -0.25) is 4.98 Å². The number of hydrogen-bond donors (Lipinski definition) is 0. The normalized spacial score (nSPS) is 11.1. The number of aromatic nitrogens is 2. The molecular weight excluding hydrogens is 255 g/mol. The number of halogens is 3. The van der Waals surface area contributed by atoms with Crippen molar-refractivity contribution in [2.45, 2.75) is 13.1 Å². The molecule has 0 aliphatic rings. The van der Waals surface area contributed by atoms with Crippen molar-refractivity contribution in [2.75, 3.05) is 0 Å². The molecule has 3 nitrogen and oxygen atoms in total. The van der Waals surface area contributed by atoms with Gasteiger partial charge in [0.15, 0.2) is 0 Å². The maximum absolute atomic E-state index is 12.7. The Morgan fingerprint density at radius 1 is 1.26 bits per heavy atom. The van der Waals surface area contributed by atoms with E-state index in [0.29, 0.717) is 5.56 Å². The zero-order chi connectivity index (χ0) is 14.0. The van der Waals surface area contributed by atoms with E-state index in [9.17, 15) is 13.2 Å². The van der Waals surface area contributed by atoms with Crippen molar-refractivity contribution in [2.24, 2.45) is 0 Å². The zero-order valence-corrected chi connectivity index (χ0v) is 9.86. The Labute approximate surface area is 107 Å². The molecule has 0 aliphatic carbocycles. The molecule has 0 bridgehead atoms. The fourth-order valence-corrected chi connectivity index (χ4v) is 1.65. The summed E-state index contributed by atoms with van der Waals surface area (Å²) in [4.78, 5) is 7.16. The summed E-state index contributed by atoms with van der Waals surface area (Å²) < 4.78 is 38.1. The second-order valence-electron chi connectivity index (χ2n) is 3.93. The first-order chi connectivity index (χ1) is 8.91. The Kier molecular flexibility index (Phi) is 3.21. The minimum Gasteiger partial charge on any atom is -0.264 e. The van der Waals surface area contributed by atoms with Crippen LogP contribution in [0.3, 0.4) is 0 Å². The van der Waals surface area contributed by atoms with E-state index in [2.05, 4.69) is 9.97 Å². The number of rotatable bonds is 1. The van der Waals surface area contributed by atoms with Crippen LogP contribution in [0.5, 0.6) is 0 Å². The predicted octanol–water partition coefficient (Wildman–Crippen LogP) is 3.34. The highest BCUT2D eigenvalue weighted by molar-refractivity contribution is 5.67. The van der Waals surface area contributed by atoms with E-state index >= 15 is 0 Å². The molecule has 0 amide bonds. The molecule has 0 N–H and O–H groups in total. The first kappa shape index (κ1) is 13.0. The summed E-state index contributed by atoms with van der Waals surface area (Å²) in [6, 6.07) is 5.57. The van der Waals surface area contributed by atoms with Gasteiger partial charge in [0.2, 0.25) is 0 Å². The first-order valence-corrected chi connectivity index (χ1v) is 5.32. The molecule has 0 saturated heterocycles. The highest BCUT2D eigenvalue weighted by atomic mass is 19.4. The molecule has 96 valence electrons. The molecule has 6 heteroatoms.